The Morgan fingerprint density at radius 1 is 1.29 bits per heavy atom. The highest BCUT2D eigenvalue weighted by molar-refractivity contribution is 7.15. The first-order valence-corrected chi connectivity index (χ1v) is 7.08. The van der Waals surface area contributed by atoms with Gasteiger partial charge in [0, 0.05) is 33.3 Å². The minimum Gasteiger partial charge on any atom is -0.472 e. The average Bonchev–Trinajstić information content (AvgIpc) is 3.17. The topological polar surface area (TPSA) is 75.4 Å². The van der Waals surface area contributed by atoms with Crippen LogP contribution in [0, 0.1) is 0 Å². The number of furan rings is 1. The first kappa shape index (κ1) is 13.4. The summed E-state index contributed by atoms with van der Waals surface area (Å²) in [6.45, 7) is 0.307. The van der Waals surface area contributed by atoms with E-state index in [9.17, 15) is 4.79 Å². The van der Waals surface area contributed by atoms with E-state index in [1.54, 1.807) is 30.1 Å². The molecule has 2 N–H and O–H groups in total. The molecule has 106 valence electrons. The second-order valence-electron chi connectivity index (χ2n) is 4.36. The average molecular weight is 300 g/mol. The highest BCUT2D eigenvalue weighted by Crippen LogP contribution is 2.35. The zero-order valence-electron chi connectivity index (χ0n) is 10.9. The number of carboxylic acid groups (broad SMARTS) is 1. The van der Waals surface area contributed by atoms with Crippen molar-refractivity contribution in [3.8, 4) is 21.6 Å². The molecule has 0 aromatic carbocycles. The molecular formula is C15H12N2O3S. The van der Waals surface area contributed by atoms with Gasteiger partial charge in [-0.1, -0.05) is 0 Å². The smallest absolute Gasteiger partial charge is 0.404 e. The molecule has 0 saturated carbocycles. The standard InChI is InChI=1S/C15H12N2O3S/c18-15(19)17-7-11-1-2-14(21-11)13-8-16-5-3-12(13)10-4-6-20-9-10/h1-6,8-9,17H,7H2,(H,18,19). The quantitative estimate of drug-likeness (QED) is 0.767. The molecule has 0 aliphatic rings. The van der Waals surface area contributed by atoms with Gasteiger partial charge in [-0.15, -0.1) is 11.3 Å². The monoisotopic (exact) mass is 300 g/mol. The fourth-order valence-electron chi connectivity index (χ4n) is 2.04. The van der Waals surface area contributed by atoms with E-state index in [1.165, 1.54) is 0 Å². The molecule has 0 unspecified atom stereocenters. The summed E-state index contributed by atoms with van der Waals surface area (Å²) in [5, 5.41) is 11.0. The van der Waals surface area contributed by atoms with Crippen LogP contribution < -0.4 is 5.32 Å². The Labute approximate surface area is 124 Å². The first-order chi connectivity index (χ1) is 10.2. The van der Waals surface area contributed by atoms with Crippen LogP contribution in [-0.2, 0) is 6.54 Å². The summed E-state index contributed by atoms with van der Waals surface area (Å²) in [6, 6.07) is 7.74. The lowest BCUT2D eigenvalue weighted by molar-refractivity contribution is 0.194. The van der Waals surface area contributed by atoms with Gasteiger partial charge in [0.2, 0.25) is 0 Å². The van der Waals surface area contributed by atoms with Gasteiger partial charge in [0.15, 0.2) is 0 Å². The number of aromatic nitrogens is 1. The summed E-state index contributed by atoms with van der Waals surface area (Å²) >= 11 is 1.54. The Bertz CT molecular complexity index is 750. The van der Waals surface area contributed by atoms with Crippen LogP contribution in [0.3, 0.4) is 0 Å². The van der Waals surface area contributed by atoms with Crippen LogP contribution >= 0.6 is 11.3 Å². The Morgan fingerprint density at radius 3 is 2.95 bits per heavy atom. The molecule has 0 bridgehead atoms. The zero-order valence-corrected chi connectivity index (χ0v) is 11.8. The predicted molar refractivity (Wildman–Crippen MR) is 80.1 cm³/mol. The van der Waals surface area contributed by atoms with Gasteiger partial charge >= 0.3 is 6.09 Å². The minimum atomic E-state index is -1.02. The predicted octanol–water partition coefficient (Wildman–Crippen LogP) is 3.84. The second kappa shape index (κ2) is 5.80. The number of nitrogens with zero attached hydrogens (tertiary/aromatic N) is 1. The number of hydrogen-bond acceptors (Lipinski definition) is 4. The number of rotatable bonds is 4. The molecule has 0 radical (unpaired) electrons. The van der Waals surface area contributed by atoms with E-state index in [0.717, 1.165) is 26.4 Å². The fraction of sp³-hybridized carbons (Fsp3) is 0.0667. The third-order valence-electron chi connectivity index (χ3n) is 2.99. The fourth-order valence-corrected chi connectivity index (χ4v) is 3.01. The van der Waals surface area contributed by atoms with Crippen molar-refractivity contribution in [1.29, 1.82) is 0 Å². The van der Waals surface area contributed by atoms with Crippen molar-refractivity contribution in [2.45, 2.75) is 6.54 Å². The molecule has 3 rings (SSSR count). The van der Waals surface area contributed by atoms with E-state index in [4.69, 9.17) is 9.52 Å². The second-order valence-corrected chi connectivity index (χ2v) is 5.53. The van der Waals surface area contributed by atoms with Crippen molar-refractivity contribution in [3.63, 3.8) is 0 Å². The summed E-state index contributed by atoms with van der Waals surface area (Å²) in [7, 11) is 0. The third kappa shape index (κ3) is 2.95. The van der Waals surface area contributed by atoms with Gasteiger partial charge in [-0.25, -0.2) is 4.79 Å². The van der Waals surface area contributed by atoms with Crippen LogP contribution in [-0.4, -0.2) is 16.2 Å². The molecule has 6 heteroatoms. The first-order valence-electron chi connectivity index (χ1n) is 6.26. The van der Waals surface area contributed by atoms with Gasteiger partial charge in [0.25, 0.3) is 0 Å². The lowest BCUT2D eigenvalue weighted by atomic mass is 10.0. The van der Waals surface area contributed by atoms with Crippen LogP contribution in [0.5, 0.6) is 0 Å². The Hall–Kier alpha value is -2.60. The molecule has 0 spiro atoms. The largest absolute Gasteiger partial charge is 0.472 e. The van der Waals surface area contributed by atoms with E-state index in [-0.39, 0.29) is 0 Å². The molecule has 1 amide bonds. The SMILES string of the molecule is O=C(O)NCc1ccc(-c2cnccc2-c2ccoc2)s1. The molecular weight excluding hydrogens is 288 g/mol. The maximum absolute atomic E-state index is 10.5. The van der Waals surface area contributed by atoms with Crippen molar-refractivity contribution < 1.29 is 14.3 Å². The van der Waals surface area contributed by atoms with Gasteiger partial charge in [-0.3, -0.25) is 4.98 Å². The van der Waals surface area contributed by atoms with Gasteiger partial charge in [0.1, 0.15) is 0 Å². The van der Waals surface area contributed by atoms with Crippen molar-refractivity contribution >= 4 is 17.4 Å². The van der Waals surface area contributed by atoms with Gasteiger partial charge in [-0.05, 0) is 29.8 Å². The van der Waals surface area contributed by atoms with Gasteiger partial charge in [-0.2, -0.15) is 0 Å². The molecule has 5 nitrogen and oxygen atoms in total. The van der Waals surface area contributed by atoms with Gasteiger partial charge in [0.05, 0.1) is 19.1 Å². The molecule has 3 aromatic heterocycles. The van der Waals surface area contributed by atoms with E-state index in [0.29, 0.717) is 6.54 Å². The molecule has 0 atom stereocenters. The van der Waals surface area contributed by atoms with Crippen LogP contribution in [0.25, 0.3) is 21.6 Å². The summed E-state index contributed by atoms with van der Waals surface area (Å²) < 4.78 is 5.14. The molecule has 3 aromatic rings. The Balaban J connectivity index is 1.92. The summed E-state index contributed by atoms with van der Waals surface area (Å²) in [4.78, 5) is 16.7. The normalized spacial score (nSPS) is 10.5. The van der Waals surface area contributed by atoms with Crippen molar-refractivity contribution in [2.75, 3.05) is 0 Å². The van der Waals surface area contributed by atoms with Crippen LogP contribution in [0.15, 0.2) is 53.6 Å². The van der Waals surface area contributed by atoms with E-state index in [2.05, 4.69) is 10.3 Å². The summed E-state index contributed by atoms with van der Waals surface area (Å²) in [5.41, 5.74) is 3.04. The minimum absolute atomic E-state index is 0.307. The number of carbonyl (C=O) groups is 1. The Morgan fingerprint density at radius 2 is 2.19 bits per heavy atom. The lowest BCUT2D eigenvalue weighted by Crippen LogP contribution is -2.19. The van der Waals surface area contributed by atoms with E-state index >= 15 is 0 Å². The number of amides is 1. The highest BCUT2D eigenvalue weighted by atomic mass is 32.1. The van der Waals surface area contributed by atoms with E-state index in [1.807, 2.05) is 30.5 Å². The van der Waals surface area contributed by atoms with Crippen molar-refractivity contribution in [2.24, 2.45) is 0 Å². The number of hydrogen-bond donors (Lipinski definition) is 2. The zero-order chi connectivity index (χ0) is 14.7. The molecule has 0 aliphatic carbocycles. The Kier molecular flexibility index (Phi) is 3.70. The number of pyridine rings is 1. The number of thiophene rings is 1. The van der Waals surface area contributed by atoms with Crippen molar-refractivity contribution in [1.82, 2.24) is 10.3 Å². The molecule has 0 aliphatic heterocycles. The van der Waals surface area contributed by atoms with Crippen LogP contribution in [0.1, 0.15) is 4.88 Å². The molecule has 3 heterocycles. The molecule has 21 heavy (non-hydrogen) atoms. The summed E-state index contributed by atoms with van der Waals surface area (Å²) in [6.07, 6.45) is 5.86. The molecule has 0 saturated heterocycles. The van der Waals surface area contributed by atoms with Gasteiger partial charge < -0.3 is 14.8 Å². The molecule has 0 fully saturated rings. The van der Waals surface area contributed by atoms with E-state index < -0.39 is 6.09 Å². The maximum atomic E-state index is 10.5. The van der Waals surface area contributed by atoms with Crippen LogP contribution in [0.2, 0.25) is 0 Å². The highest BCUT2D eigenvalue weighted by Gasteiger charge is 2.11. The van der Waals surface area contributed by atoms with Crippen LogP contribution in [0.4, 0.5) is 4.79 Å². The number of nitrogens with one attached hydrogen (secondary N) is 1. The third-order valence-corrected chi connectivity index (χ3v) is 4.11. The maximum Gasteiger partial charge on any atom is 0.404 e. The lowest BCUT2D eigenvalue weighted by Gasteiger charge is -2.04. The van der Waals surface area contributed by atoms with Crippen molar-refractivity contribution in [3.05, 3.63) is 54.1 Å². The summed E-state index contributed by atoms with van der Waals surface area (Å²) in [5.74, 6) is 0.